The van der Waals surface area contributed by atoms with E-state index in [0.29, 0.717) is 26.9 Å². The number of hydrogen-bond acceptors (Lipinski definition) is 2. The molecule has 0 spiro atoms. The lowest BCUT2D eigenvalue weighted by molar-refractivity contribution is 0.104. The van der Waals surface area contributed by atoms with E-state index in [9.17, 15) is 4.79 Å². The highest BCUT2D eigenvalue weighted by Gasteiger charge is 2.18. The number of hydrogen-bond donors (Lipinski definition) is 1. The van der Waals surface area contributed by atoms with E-state index in [-0.39, 0.29) is 5.78 Å². The second-order valence-corrected chi connectivity index (χ2v) is 5.73. The first-order valence-electron chi connectivity index (χ1n) is 6.31. The lowest BCUT2D eigenvalue weighted by Gasteiger charge is -2.04. The van der Waals surface area contributed by atoms with E-state index in [0.717, 1.165) is 10.9 Å². The van der Waals surface area contributed by atoms with Gasteiger partial charge in [-0.3, -0.25) is 4.79 Å². The highest BCUT2D eigenvalue weighted by atomic mass is 35.5. The third-order valence-corrected chi connectivity index (χ3v) is 4.00. The Morgan fingerprint density at radius 1 is 1.10 bits per heavy atom. The quantitative estimate of drug-likeness (QED) is 0.565. The fourth-order valence-corrected chi connectivity index (χ4v) is 2.77. The van der Waals surface area contributed by atoms with Crippen molar-refractivity contribution in [2.45, 2.75) is 0 Å². The monoisotopic (exact) mass is 318 g/mol. The van der Waals surface area contributed by atoms with Gasteiger partial charge in [-0.05, 0) is 30.3 Å². The molecule has 0 fully saturated rings. The van der Waals surface area contributed by atoms with Gasteiger partial charge < -0.3 is 10.3 Å². The van der Waals surface area contributed by atoms with Crippen LogP contribution in [-0.4, -0.2) is 10.4 Å². The highest BCUT2D eigenvalue weighted by molar-refractivity contribution is 6.36. The number of halogens is 2. The molecule has 0 saturated carbocycles. The topological polar surface area (TPSA) is 48.0 Å². The zero-order valence-electron chi connectivity index (χ0n) is 11.2. The van der Waals surface area contributed by atoms with Crippen LogP contribution in [0.4, 0.5) is 5.69 Å². The third-order valence-electron chi connectivity index (χ3n) is 3.43. The van der Waals surface area contributed by atoms with Crippen molar-refractivity contribution in [3.05, 3.63) is 63.8 Å². The van der Waals surface area contributed by atoms with Crippen molar-refractivity contribution in [2.24, 2.45) is 7.05 Å². The van der Waals surface area contributed by atoms with Crippen LogP contribution in [0.2, 0.25) is 10.0 Å². The van der Waals surface area contributed by atoms with E-state index >= 15 is 0 Å². The summed E-state index contributed by atoms with van der Waals surface area (Å²) in [5.74, 6) is -0.153. The van der Waals surface area contributed by atoms with Gasteiger partial charge in [0.1, 0.15) is 0 Å². The molecule has 0 radical (unpaired) electrons. The number of benzene rings is 2. The molecule has 2 N–H and O–H groups in total. The number of nitrogens with two attached hydrogens (primary N) is 1. The van der Waals surface area contributed by atoms with Crippen LogP contribution >= 0.6 is 23.2 Å². The highest BCUT2D eigenvalue weighted by Crippen LogP contribution is 2.28. The third kappa shape index (κ3) is 2.39. The average molecular weight is 319 g/mol. The number of aryl methyl sites for hydroxylation is 1. The molecule has 3 aromatic rings. The standard InChI is InChI=1S/C16H12Cl2N2O/c1-20-8-13(11-4-2-9(17)6-15(11)20)16(21)12-7-10(19)3-5-14(12)18/h2-8H,19H2,1H3. The summed E-state index contributed by atoms with van der Waals surface area (Å²) in [6, 6.07) is 10.3. The fourth-order valence-electron chi connectivity index (χ4n) is 2.40. The summed E-state index contributed by atoms with van der Waals surface area (Å²) in [6.45, 7) is 0. The summed E-state index contributed by atoms with van der Waals surface area (Å²) in [7, 11) is 1.87. The number of carbonyl (C=O) groups excluding carboxylic acids is 1. The first-order valence-corrected chi connectivity index (χ1v) is 7.07. The molecule has 0 bridgehead atoms. The molecule has 106 valence electrons. The van der Waals surface area contributed by atoms with E-state index in [2.05, 4.69) is 0 Å². The van der Waals surface area contributed by atoms with Crippen LogP contribution in [0.5, 0.6) is 0 Å². The molecule has 0 aliphatic carbocycles. The molecule has 3 rings (SSSR count). The lowest BCUT2D eigenvalue weighted by atomic mass is 10.0. The number of rotatable bonds is 2. The molecule has 1 aromatic heterocycles. The molecule has 0 unspecified atom stereocenters. The van der Waals surface area contributed by atoms with E-state index < -0.39 is 0 Å². The SMILES string of the molecule is Cn1cc(C(=O)c2cc(N)ccc2Cl)c2ccc(Cl)cc21. The van der Waals surface area contributed by atoms with Crippen LogP contribution in [0.3, 0.4) is 0 Å². The maximum Gasteiger partial charge on any atom is 0.196 e. The molecule has 5 heteroatoms. The summed E-state index contributed by atoms with van der Waals surface area (Å²) >= 11 is 12.1. The van der Waals surface area contributed by atoms with Gasteiger partial charge in [-0.2, -0.15) is 0 Å². The molecule has 0 amide bonds. The van der Waals surface area contributed by atoms with Crippen LogP contribution in [0.1, 0.15) is 15.9 Å². The molecule has 2 aromatic carbocycles. The lowest BCUT2D eigenvalue weighted by Crippen LogP contribution is -2.02. The van der Waals surface area contributed by atoms with Crippen molar-refractivity contribution in [1.29, 1.82) is 0 Å². The summed E-state index contributed by atoms with van der Waals surface area (Å²) in [5.41, 5.74) is 8.13. The molecule has 0 atom stereocenters. The summed E-state index contributed by atoms with van der Waals surface area (Å²) in [4.78, 5) is 12.7. The number of nitrogen functional groups attached to an aromatic ring is 1. The van der Waals surface area contributed by atoms with Crippen LogP contribution in [-0.2, 0) is 7.05 Å². The minimum absolute atomic E-state index is 0.153. The maximum absolute atomic E-state index is 12.7. The number of carbonyl (C=O) groups is 1. The molecule has 21 heavy (non-hydrogen) atoms. The average Bonchev–Trinajstić information content (AvgIpc) is 2.78. The predicted molar refractivity (Wildman–Crippen MR) is 87.2 cm³/mol. The molecule has 3 nitrogen and oxygen atoms in total. The zero-order chi connectivity index (χ0) is 15.1. The Bertz CT molecular complexity index is 868. The Labute approximate surface area is 131 Å². The van der Waals surface area contributed by atoms with E-state index in [1.807, 2.05) is 23.7 Å². The Hall–Kier alpha value is -1.97. The molecule has 0 saturated heterocycles. The summed E-state index contributed by atoms with van der Waals surface area (Å²) in [5, 5.41) is 1.86. The fraction of sp³-hybridized carbons (Fsp3) is 0.0625. The molecular weight excluding hydrogens is 307 g/mol. The van der Waals surface area contributed by atoms with Gasteiger partial charge >= 0.3 is 0 Å². The van der Waals surface area contributed by atoms with Crippen LogP contribution in [0.25, 0.3) is 10.9 Å². The van der Waals surface area contributed by atoms with Crippen LogP contribution in [0.15, 0.2) is 42.6 Å². The van der Waals surface area contributed by atoms with E-state index in [4.69, 9.17) is 28.9 Å². The first-order chi connectivity index (χ1) is 9.97. The minimum atomic E-state index is -0.153. The molecule has 0 aliphatic heterocycles. The van der Waals surface area contributed by atoms with Crippen LogP contribution in [0, 0.1) is 0 Å². The smallest absolute Gasteiger partial charge is 0.196 e. The van der Waals surface area contributed by atoms with Crippen molar-refractivity contribution in [3.63, 3.8) is 0 Å². The largest absolute Gasteiger partial charge is 0.399 e. The van der Waals surface area contributed by atoms with Gasteiger partial charge in [-0.15, -0.1) is 0 Å². The predicted octanol–water partition coefficient (Wildman–Crippen LogP) is 4.30. The number of aromatic nitrogens is 1. The van der Waals surface area contributed by atoms with Crippen molar-refractivity contribution >= 4 is 45.6 Å². The number of nitrogens with zero attached hydrogens (tertiary/aromatic N) is 1. The molecule has 1 heterocycles. The van der Waals surface area contributed by atoms with Crippen molar-refractivity contribution in [3.8, 4) is 0 Å². The van der Waals surface area contributed by atoms with Crippen molar-refractivity contribution < 1.29 is 4.79 Å². The van der Waals surface area contributed by atoms with Gasteiger partial charge in [0.15, 0.2) is 5.78 Å². The maximum atomic E-state index is 12.7. The van der Waals surface area contributed by atoms with Gasteiger partial charge in [0.25, 0.3) is 0 Å². The van der Waals surface area contributed by atoms with Crippen molar-refractivity contribution in [1.82, 2.24) is 4.57 Å². The minimum Gasteiger partial charge on any atom is -0.399 e. The van der Waals surface area contributed by atoms with Gasteiger partial charge in [-0.25, -0.2) is 0 Å². The van der Waals surface area contributed by atoms with Gasteiger partial charge in [0.2, 0.25) is 0 Å². The Morgan fingerprint density at radius 3 is 2.62 bits per heavy atom. The van der Waals surface area contributed by atoms with Crippen molar-refractivity contribution in [2.75, 3.05) is 5.73 Å². The summed E-state index contributed by atoms with van der Waals surface area (Å²) < 4.78 is 1.87. The number of fused-ring (bicyclic) bond motifs is 1. The normalized spacial score (nSPS) is 11.0. The first kappa shape index (κ1) is 14.0. The van der Waals surface area contributed by atoms with Gasteiger partial charge in [0.05, 0.1) is 5.02 Å². The van der Waals surface area contributed by atoms with Gasteiger partial charge in [-0.1, -0.05) is 29.3 Å². The van der Waals surface area contributed by atoms with Gasteiger partial charge in [0, 0.05) is 46.0 Å². The van der Waals surface area contributed by atoms with Crippen LogP contribution < -0.4 is 5.73 Å². The second-order valence-electron chi connectivity index (χ2n) is 4.88. The molecular formula is C16H12Cl2N2O. The second kappa shape index (κ2) is 5.10. The molecule has 0 aliphatic rings. The number of ketones is 1. The van der Waals surface area contributed by atoms with E-state index in [1.54, 1.807) is 30.5 Å². The Kier molecular flexibility index (Phi) is 3.40. The number of anilines is 1. The Morgan fingerprint density at radius 2 is 1.86 bits per heavy atom. The summed E-state index contributed by atoms with van der Waals surface area (Å²) in [6.07, 6.45) is 1.78. The zero-order valence-corrected chi connectivity index (χ0v) is 12.7. The Balaban J connectivity index is 2.21. The van der Waals surface area contributed by atoms with E-state index in [1.165, 1.54) is 0 Å².